The highest BCUT2D eigenvalue weighted by molar-refractivity contribution is 5.71. The Labute approximate surface area is 134 Å². The van der Waals surface area contributed by atoms with Crippen molar-refractivity contribution in [3.05, 3.63) is 52.6 Å². The van der Waals surface area contributed by atoms with Gasteiger partial charge in [-0.15, -0.1) is 0 Å². The van der Waals surface area contributed by atoms with Gasteiger partial charge in [0.05, 0.1) is 4.92 Å². The summed E-state index contributed by atoms with van der Waals surface area (Å²) in [5.74, 6) is 0.966. The average molecular weight is 313 g/mol. The minimum Gasteiger partial charge on any atom is -0.396 e. The molecule has 3 rings (SSSR count). The molecule has 2 aromatic rings. The minimum atomic E-state index is -0.397. The molecule has 1 unspecified atom stereocenters. The van der Waals surface area contributed by atoms with Crippen LogP contribution in [0.25, 0.3) is 11.3 Å². The highest BCUT2D eigenvalue weighted by Gasteiger charge is 2.23. The van der Waals surface area contributed by atoms with Crippen LogP contribution in [-0.4, -0.2) is 34.7 Å². The molecular weight excluding hydrogens is 294 g/mol. The molecule has 6 heteroatoms. The fourth-order valence-corrected chi connectivity index (χ4v) is 3.00. The quantitative estimate of drug-likeness (QED) is 0.693. The van der Waals surface area contributed by atoms with Gasteiger partial charge in [-0.1, -0.05) is 30.3 Å². The minimum absolute atomic E-state index is 0.00988. The summed E-state index contributed by atoms with van der Waals surface area (Å²) in [4.78, 5) is 17.6. The number of rotatable bonds is 4. The van der Waals surface area contributed by atoms with Gasteiger partial charge in [0.25, 0.3) is 5.69 Å². The molecule has 0 saturated carbocycles. The number of pyridine rings is 1. The zero-order valence-corrected chi connectivity index (χ0v) is 12.8. The van der Waals surface area contributed by atoms with Crippen molar-refractivity contribution in [2.75, 3.05) is 24.6 Å². The summed E-state index contributed by atoms with van der Waals surface area (Å²) in [7, 11) is 0. The van der Waals surface area contributed by atoms with Crippen molar-refractivity contribution in [1.82, 2.24) is 4.98 Å². The predicted octanol–water partition coefficient (Wildman–Crippen LogP) is 2.87. The van der Waals surface area contributed by atoms with E-state index in [9.17, 15) is 15.2 Å². The van der Waals surface area contributed by atoms with E-state index in [0.717, 1.165) is 37.3 Å². The molecule has 23 heavy (non-hydrogen) atoms. The lowest BCUT2D eigenvalue weighted by Gasteiger charge is -2.32. The van der Waals surface area contributed by atoms with Crippen LogP contribution in [0.2, 0.25) is 0 Å². The number of piperidine rings is 1. The number of nitro groups is 1. The van der Waals surface area contributed by atoms with Crippen LogP contribution in [0.5, 0.6) is 0 Å². The first kappa shape index (κ1) is 15.4. The van der Waals surface area contributed by atoms with Crippen LogP contribution in [0.15, 0.2) is 42.5 Å². The molecular formula is C17H19N3O3. The van der Waals surface area contributed by atoms with Gasteiger partial charge in [0.15, 0.2) is 5.69 Å². The normalized spacial score (nSPS) is 18.0. The van der Waals surface area contributed by atoms with Crippen molar-refractivity contribution in [3.63, 3.8) is 0 Å². The van der Waals surface area contributed by atoms with E-state index >= 15 is 0 Å². The highest BCUT2D eigenvalue weighted by Crippen LogP contribution is 2.31. The van der Waals surface area contributed by atoms with E-state index in [-0.39, 0.29) is 18.2 Å². The molecule has 1 aromatic heterocycles. The Kier molecular flexibility index (Phi) is 4.52. The molecule has 0 radical (unpaired) electrons. The first-order valence-electron chi connectivity index (χ1n) is 7.75. The SMILES string of the molecule is O=[N+]([O-])c1ccc(N2CCCC(CO)C2)nc1-c1ccccc1. The van der Waals surface area contributed by atoms with E-state index in [0.29, 0.717) is 5.69 Å². The maximum Gasteiger partial charge on any atom is 0.295 e. The van der Waals surface area contributed by atoms with E-state index in [1.807, 2.05) is 30.3 Å². The summed E-state index contributed by atoms with van der Waals surface area (Å²) >= 11 is 0. The molecule has 1 fully saturated rings. The Balaban J connectivity index is 1.99. The number of benzene rings is 1. The number of hydrogen-bond acceptors (Lipinski definition) is 5. The maximum absolute atomic E-state index is 11.3. The molecule has 6 nitrogen and oxygen atoms in total. The summed E-state index contributed by atoms with van der Waals surface area (Å²) in [5.41, 5.74) is 1.13. The fraction of sp³-hybridized carbons (Fsp3) is 0.353. The third-order valence-electron chi connectivity index (χ3n) is 4.20. The topological polar surface area (TPSA) is 79.5 Å². The predicted molar refractivity (Wildman–Crippen MR) is 88.4 cm³/mol. The number of aliphatic hydroxyl groups is 1. The first-order chi connectivity index (χ1) is 11.2. The van der Waals surface area contributed by atoms with Crippen LogP contribution in [0.1, 0.15) is 12.8 Å². The Morgan fingerprint density at radius 2 is 2.04 bits per heavy atom. The van der Waals surface area contributed by atoms with Crippen molar-refractivity contribution in [1.29, 1.82) is 0 Å². The molecule has 1 N–H and O–H groups in total. The van der Waals surface area contributed by atoms with Gasteiger partial charge in [-0.3, -0.25) is 10.1 Å². The molecule has 0 bridgehead atoms. The molecule has 0 spiro atoms. The molecule has 1 atom stereocenters. The number of aliphatic hydroxyl groups excluding tert-OH is 1. The van der Waals surface area contributed by atoms with Gasteiger partial charge in [-0.05, 0) is 24.8 Å². The van der Waals surface area contributed by atoms with Gasteiger partial charge in [-0.25, -0.2) is 4.98 Å². The molecule has 0 aliphatic carbocycles. The Morgan fingerprint density at radius 3 is 2.74 bits per heavy atom. The van der Waals surface area contributed by atoms with Crippen LogP contribution in [-0.2, 0) is 0 Å². The van der Waals surface area contributed by atoms with E-state index in [1.165, 1.54) is 6.07 Å². The van der Waals surface area contributed by atoms with Crippen LogP contribution >= 0.6 is 0 Å². The smallest absolute Gasteiger partial charge is 0.295 e. The van der Waals surface area contributed by atoms with Gasteiger partial charge < -0.3 is 10.0 Å². The lowest BCUT2D eigenvalue weighted by Crippen LogP contribution is -2.37. The summed E-state index contributed by atoms with van der Waals surface area (Å²) in [5, 5.41) is 20.7. The Morgan fingerprint density at radius 1 is 1.26 bits per heavy atom. The van der Waals surface area contributed by atoms with Crippen molar-refractivity contribution < 1.29 is 10.0 Å². The standard InChI is InChI=1S/C17H19N3O3/c21-12-13-5-4-10-19(11-13)16-9-8-15(20(22)23)17(18-16)14-6-2-1-3-7-14/h1-3,6-9,13,21H,4-5,10-12H2. The van der Waals surface area contributed by atoms with Gasteiger partial charge in [0, 0.05) is 31.3 Å². The van der Waals surface area contributed by atoms with Gasteiger partial charge in [0.1, 0.15) is 5.82 Å². The van der Waals surface area contributed by atoms with E-state index in [4.69, 9.17) is 0 Å². The summed E-state index contributed by atoms with van der Waals surface area (Å²) in [6.45, 7) is 1.75. The number of anilines is 1. The van der Waals surface area contributed by atoms with E-state index in [1.54, 1.807) is 6.07 Å². The summed E-state index contributed by atoms with van der Waals surface area (Å²) in [6.07, 6.45) is 2.00. The second-order valence-electron chi connectivity index (χ2n) is 5.80. The molecule has 120 valence electrons. The largest absolute Gasteiger partial charge is 0.396 e. The molecule has 2 heterocycles. The maximum atomic E-state index is 11.3. The van der Waals surface area contributed by atoms with Crippen molar-refractivity contribution in [3.8, 4) is 11.3 Å². The molecule has 1 aromatic carbocycles. The summed E-state index contributed by atoms with van der Waals surface area (Å²) < 4.78 is 0. The van der Waals surface area contributed by atoms with Crippen LogP contribution in [0, 0.1) is 16.0 Å². The zero-order chi connectivity index (χ0) is 16.2. The highest BCUT2D eigenvalue weighted by atomic mass is 16.6. The van der Waals surface area contributed by atoms with Crippen LogP contribution < -0.4 is 4.90 Å². The van der Waals surface area contributed by atoms with Gasteiger partial charge in [0.2, 0.25) is 0 Å². The second-order valence-corrected chi connectivity index (χ2v) is 5.80. The molecule has 1 saturated heterocycles. The first-order valence-corrected chi connectivity index (χ1v) is 7.75. The van der Waals surface area contributed by atoms with E-state index in [2.05, 4.69) is 9.88 Å². The van der Waals surface area contributed by atoms with E-state index < -0.39 is 4.92 Å². The zero-order valence-electron chi connectivity index (χ0n) is 12.8. The Hall–Kier alpha value is -2.47. The van der Waals surface area contributed by atoms with Crippen LogP contribution in [0.4, 0.5) is 11.5 Å². The number of nitrogens with zero attached hydrogens (tertiary/aromatic N) is 3. The number of aromatic nitrogens is 1. The van der Waals surface area contributed by atoms with Gasteiger partial charge in [-0.2, -0.15) is 0 Å². The lowest BCUT2D eigenvalue weighted by molar-refractivity contribution is -0.384. The molecule has 0 amide bonds. The third kappa shape index (κ3) is 3.32. The van der Waals surface area contributed by atoms with Crippen molar-refractivity contribution in [2.45, 2.75) is 12.8 Å². The van der Waals surface area contributed by atoms with Crippen molar-refractivity contribution in [2.24, 2.45) is 5.92 Å². The third-order valence-corrected chi connectivity index (χ3v) is 4.20. The monoisotopic (exact) mass is 313 g/mol. The van der Waals surface area contributed by atoms with Gasteiger partial charge >= 0.3 is 0 Å². The number of hydrogen-bond donors (Lipinski definition) is 1. The Bertz CT molecular complexity index is 691. The van der Waals surface area contributed by atoms with Crippen LogP contribution in [0.3, 0.4) is 0 Å². The average Bonchev–Trinajstić information content (AvgIpc) is 2.62. The second kappa shape index (κ2) is 6.75. The summed E-state index contributed by atoms with van der Waals surface area (Å²) in [6, 6.07) is 12.4. The van der Waals surface area contributed by atoms with Crippen molar-refractivity contribution >= 4 is 11.5 Å². The lowest BCUT2D eigenvalue weighted by atomic mass is 9.99. The molecule has 1 aliphatic heterocycles. The molecule has 1 aliphatic rings. The fourth-order valence-electron chi connectivity index (χ4n) is 3.00.